The Morgan fingerprint density at radius 2 is 1.84 bits per heavy atom. The first-order chi connectivity index (χ1) is 17.8. The van der Waals surface area contributed by atoms with Crippen molar-refractivity contribution < 1.29 is 5.11 Å². The van der Waals surface area contributed by atoms with Gasteiger partial charge in [0.15, 0.2) is 0 Å². The van der Waals surface area contributed by atoms with E-state index in [1.807, 2.05) is 44.2 Å². The fourth-order valence-electron chi connectivity index (χ4n) is 4.68. The van der Waals surface area contributed by atoms with Crippen LogP contribution in [-0.2, 0) is 12.0 Å². The van der Waals surface area contributed by atoms with E-state index in [2.05, 4.69) is 78.9 Å². The zero-order chi connectivity index (χ0) is 25.8. The molecular weight excluding hydrogens is 494 g/mol. The van der Waals surface area contributed by atoms with E-state index >= 15 is 0 Å². The lowest BCUT2D eigenvalue weighted by molar-refractivity contribution is 0.0776. The third-order valence-electron chi connectivity index (χ3n) is 6.84. The Hall–Kier alpha value is -2.59. The van der Waals surface area contributed by atoms with Crippen LogP contribution in [0.2, 0.25) is 5.02 Å². The number of benzene rings is 3. The Morgan fingerprint density at radius 1 is 1.03 bits per heavy atom. The number of fused-ring (bicyclic) bond motifs is 1. The molecule has 1 unspecified atom stereocenters. The summed E-state index contributed by atoms with van der Waals surface area (Å²) in [5.41, 5.74) is 5.77. The Balaban J connectivity index is 1.34. The van der Waals surface area contributed by atoms with Crippen molar-refractivity contribution in [2.45, 2.75) is 44.0 Å². The van der Waals surface area contributed by atoms with Gasteiger partial charge in [-0.1, -0.05) is 78.3 Å². The maximum atomic E-state index is 10.7. The van der Waals surface area contributed by atoms with E-state index in [0.29, 0.717) is 10.3 Å². The third-order valence-corrected chi connectivity index (χ3v) is 8.60. The number of aryl methyl sites for hydroxylation is 1. The number of pyridine rings is 1. The van der Waals surface area contributed by atoms with Crippen LogP contribution in [0.25, 0.3) is 23.1 Å². The fraction of sp³-hybridized carbons (Fsp3) is 0.273. The van der Waals surface area contributed by atoms with Gasteiger partial charge in [-0.3, -0.25) is 0 Å². The zero-order valence-electron chi connectivity index (χ0n) is 21.4. The number of hydrogen-bond donors (Lipinski definition) is 1. The summed E-state index contributed by atoms with van der Waals surface area (Å²) in [6.45, 7) is 3.74. The van der Waals surface area contributed by atoms with Gasteiger partial charge in [0.1, 0.15) is 0 Å². The van der Waals surface area contributed by atoms with Gasteiger partial charge in [-0.25, -0.2) is 4.98 Å². The van der Waals surface area contributed by atoms with Gasteiger partial charge in [-0.05, 0) is 97.7 Å². The Morgan fingerprint density at radius 3 is 2.65 bits per heavy atom. The Bertz CT molecular complexity index is 1400. The average Bonchev–Trinajstić information content (AvgIpc) is 3.72. The SMILES string of the molecule is CC(C)(O)c1ccccc1CC[C@@H](SCC1[CH]C1)c1cccc(C=Cc2ccc3ccc(Cl)cc3n2)c1. The summed E-state index contributed by atoms with van der Waals surface area (Å²) in [6.07, 6.45) is 9.83. The summed E-state index contributed by atoms with van der Waals surface area (Å²) in [5, 5.41) is 12.9. The quantitative estimate of drug-likeness (QED) is 0.224. The summed E-state index contributed by atoms with van der Waals surface area (Å²) in [7, 11) is 0. The van der Waals surface area contributed by atoms with Crippen LogP contribution >= 0.6 is 23.4 Å². The van der Waals surface area contributed by atoms with Crippen LogP contribution in [0.3, 0.4) is 0 Å². The van der Waals surface area contributed by atoms with Gasteiger partial charge in [0.25, 0.3) is 0 Å². The number of thioether (sulfide) groups is 1. The molecular formula is C33H33ClNOS. The van der Waals surface area contributed by atoms with E-state index in [1.54, 1.807) is 0 Å². The molecule has 3 aromatic carbocycles. The van der Waals surface area contributed by atoms with Gasteiger partial charge < -0.3 is 5.11 Å². The summed E-state index contributed by atoms with van der Waals surface area (Å²) < 4.78 is 0. The number of aliphatic hydroxyl groups is 1. The Kier molecular flexibility index (Phi) is 8.04. The smallest absolute Gasteiger partial charge is 0.0843 e. The molecule has 4 heteroatoms. The lowest BCUT2D eigenvalue weighted by Gasteiger charge is -2.23. The van der Waals surface area contributed by atoms with Crippen LogP contribution in [-0.4, -0.2) is 15.8 Å². The normalized spacial score (nSPS) is 14.9. The van der Waals surface area contributed by atoms with Crippen LogP contribution < -0.4 is 0 Å². The Labute approximate surface area is 229 Å². The molecule has 0 aliphatic heterocycles. The highest BCUT2D eigenvalue weighted by Crippen LogP contribution is 2.40. The molecule has 0 bridgehead atoms. The largest absolute Gasteiger partial charge is 0.386 e. The molecule has 189 valence electrons. The molecule has 1 aromatic heterocycles. The molecule has 2 atom stereocenters. The second kappa shape index (κ2) is 11.4. The van der Waals surface area contributed by atoms with E-state index in [9.17, 15) is 5.11 Å². The van der Waals surface area contributed by atoms with E-state index in [0.717, 1.165) is 40.9 Å². The van der Waals surface area contributed by atoms with E-state index < -0.39 is 5.60 Å². The molecule has 0 amide bonds. The van der Waals surface area contributed by atoms with Gasteiger partial charge in [0, 0.05) is 15.7 Å². The van der Waals surface area contributed by atoms with Crippen molar-refractivity contribution in [3.63, 3.8) is 0 Å². The van der Waals surface area contributed by atoms with Crippen LogP contribution in [0.15, 0.2) is 78.9 Å². The second-order valence-electron chi connectivity index (χ2n) is 10.4. The predicted molar refractivity (Wildman–Crippen MR) is 160 cm³/mol. The number of hydrogen-bond acceptors (Lipinski definition) is 3. The van der Waals surface area contributed by atoms with Gasteiger partial charge in [0.2, 0.25) is 0 Å². The molecule has 5 rings (SSSR count). The minimum atomic E-state index is -0.838. The molecule has 1 heterocycles. The van der Waals surface area contributed by atoms with E-state index in [4.69, 9.17) is 16.6 Å². The monoisotopic (exact) mass is 526 g/mol. The summed E-state index contributed by atoms with van der Waals surface area (Å²) in [6, 6.07) is 27.1. The molecule has 1 fully saturated rings. The van der Waals surface area contributed by atoms with Crippen molar-refractivity contribution in [1.29, 1.82) is 0 Å². The fourth-order valence-corrected chi connectivity index (χ4v) is 6.23. The van der Waals surface area contributed by atoms with E-state index in [-0.39, 0.29) is 0 Å². The molecule has 0 spiro atoms. The predicted octanol–water partition coefficient (Wildman–Crippen LogP) is 8.92. The summed E-state index contributed by atoms with van der Waals surface area (Å²) in [5.74, 6) is 1.92. The molecule has 1 radical (unpaired) electrons. The maximum Gasteiger partial charge on any atom is 0.0843 e. The van der Waals surface area contributed by atoms with Crippen molar-refractivity contribution in [2.24, 2.45) is 5.92 Å². The van der Waals surface area contributed by atoms with Crippen molar-refractivity contribution >= 4 is 46.4 Å². The van der Waals surface area contributed by atoms with Gasteiger partial charge in [-0.2, -0.15) is 11.8 Å². The van der Waals surface area contributed by atoms with Crippen molar-refractivity contribution in [2.75, 3.05) is 5.75 Å². The molecule has 1 N–H and O–H groups in total. The first kappa shape index (κ1) is 26.0. The summed E-state index contributed by atoms with van der Waals surface area (Å²) in [4.78, 5) is 4.76. The van der Waals surface area contributed by atoms with Crippen LogP contribution in [0.5, 0.6) is 0 Å². The lowest BCUT2D eigenvalue weighted by atomic mass is 9.90. The first-order valence-corrected chi connectivity index (χ1v) is 14.4. The molecule has 0 saturated heterocycles. The van der Waals surface area contributed by atoms with Crippen LogP contribution in [0, 0.1) is 12.3 Å². The maximum absolute atomic E-state index is 10.7. The molecule has 4 aromatic rings. The minimum absolute atomic E-state index is 0.401. The van der Waals surface area contributed by atoms with Crippen molar-refractivity contribution in [1.82, 2.24) is 4.98 Å². The number of nitrogens with zero attached hydrogens (tertiary/aromatic N) is 1. The minimum Gasteiger partial charge on any atom is -0.386 e. The zero-order valence-corrected chi connectivity index (χ0v) is 23.0. The van der Waals surface area contributed by atoms with Crippen molar-refractivity contribution in [3.8, 4) is 0 Å². The number of aromatic nitrogens is 1. The highest BCUT2D eigenvalue weighted by atomic mass is 35.5. The molecule has 1 aliphatic rings. The van der Waals surface area contributed by atoms with Crippen LogP contribution in [0.4, 0.5) is 0 Å². The third kappa shape index (κ3) is 7.04. The molecule has 1 saturated carbocycles. The number of rotatable bonds is 10. The molecule has 37 heavy (non-hydrogen) atoms. The second-order valence-corrected chi connectivity index (χ2v) is 12.1. The van der Waals surface area contributed by atoms with Gasteiger partial charge in [-0.15, -0.1) is 0 Å². The van der Waals surface area contributed by atoms with Gasteiger partial charge in [0.05, 0.1) is 16.8 Å². The highest BCUT2D eigenvalue weighted by Gasteiger charge is 2.25. The summed E-state index contributed by atoms with van der Waals surface area (Å²) >= 11 is 8.22. The lowest BCUT2D eigenvalue weighted by Crippen LogP contribution is -2.18. The molecule has 2 nitrogen and oxygen atoms in total. The number of halogens is 1. The first-order valence-electron chi connectivity index (χ1n) is 13.0. The standard InChI is InChI=1S/C33H33ClNOS/c1-33(2,36)30-9-4-3-7-25(30)15-19-32(37-22-24-10-11-24)27-8-5-6-23(20-27)12-17-29-18-14-26-13-16-28(34)21-31(26)35-29/h3-10,12-14,16-18,20-21,24,32,36H,11,15,19,22H2,1-2H3/t24?,32-/m1/s1. The molecule has 1 aliphatic carbocycles. The topological polar surface area (TPSA) is 33.1 Å². The van der Waals surface area contributed by atoms with Gasteiger partial charge >= 0.3 is 0 Å². The van der Waals surface area contributed by atoms with Crippen molar-refractivity contribution in [3.05, 3.63) is 118 Å². The highest BCUT2D eigenvalue weighted by molar-refractivity contribution is 7.99. The van der Waals surface area contributed by atoms with E-state index in [1.165, 1.54) is 28.9 Å². The van der Waals surface area contributed by atoms with Crippen LogP contribution in [0.1, 0.15) is 59.9 Å². The average molecular weight is 527 g/mol.